The van der Waals surface area contributed by atoms with E-state index >= 15 is 0 Å². The van der Waals surface area contributed by atoms with Crippen molar-refractivity contribution >= 4 is 5.78 Å². The predicted molar refractivity (Wildman–Crippen MR) is 63.6 cm³/mol. The molecule has 0 N–H and O–H groups in total. The summed E-state index contributed by atoms with van der Waals surface area (Å²) in [6.07, 6.45) is 6.68. The van der Waals surface area contributed by atoms with Gasteiger partial charge in [-0.1, -0.05) is 33.9 Å². The van der Waals surface area contributed by atoms with Gasteiger partial charge < -0.3 is 4.74 Å². The summed E-state index contributed by atoms with van der Waals surface area (Å²) in [5.41, 5.74) is 0. The van der Waals surface area contributed by atoms with Crippen molar-refractivity contribution in [1.29, 1.82) is 0 Å². The summed E-state index contributed by atoms with van der Waals surface area (Å²) >= 11 is 0. The van der Waals surface area contributed by atoms with Crippen molar-refractivity contribution in [2.24, 2.45) is 0 Å². The lowest BCUT2D eigenvalue weighted by atomic mass is 10.2. The highest BCUT2D eigenvalue weighted by Crippen LogP contribution is 2.02. The first-order valence-electron chi connectivity index (χ1n) is 4.38. The SMILES string of the molecule is C.C.CCC(CC=CCC(C)=O)OC. The Hall–Kier alpha value is -0.630. The predicted octanol–water partition coefficient (Wildman–Crippen LogP) is 3.61. The molecule has 0 rings (SSSR count). The van der Waals surface area contributed by atoms with Crippen LogP contribution in [0, 0.1) is 0 Å². The molecule has 0 aliphatic rings. The zero-order valence-corrected chi connectivity index (χ0v) is 8.17. The van der Waals surface area contributed by atoms with Gasteiger partial charge in [0.15, 0.2) is 0 Å². The molecule has 0 aliphatic heterocycles. The fourth-order valence-electron chi connectivity index (χ4n) is 0.927. The van der Waals surface area contributed by atoms with E-state index in [1.54, 1.807) is 14.0 Å². The van der Waals surface area contributed by atoms with Gasteiger partial charge in [-0.05, 0) is 19.8 Å². The van der Waals surface area contributed by atoms with Crippen molar-refractivity contribution in [3.8, 4) is 0 Å². The molecular formula is C12H26O2. The molecule has 1 unspecified atom stereocenters. The Balaban J connectivity index is -0.000000605. The Morgan fingerprint density at radius 2 is 1.93 bits per heavy atom. The number of ketones is 1. The van der Waals surface area contributed by atoms with Gasteiger partial charge in [0.05, 0.1) is 6.10 Å². The first-order valence-corrected chi connectivity index (χ1v) is 4.38. The van der Waals surface area contributed by atoms with E-state index in [-0.39, 0.29) is 20.6 Å². The number of methoxy groups -OCH3 is 1. The number of Topliss-reactive ketones (excluding diaryl/α,β-unsaturated/α-hetero) is 1. The molecule has 0 spiro atoms. The molecule has 0 aliphatic carbocycles. The minimum Gasteiger partial charge on any atom is -0.381 e. The number of carbonyl (C=O) groups is 1. The van der Waals surface area contributed by atoms with Crippen LogP contribution in [-0.2, 0) is 9.53 Å². The van der Waals surface area contributed by atoms with Gasteiger partial charge >= 0.3 is 0 Å². The summed E-state index contributed by atoms with van der Waals surface area (Å²) < 4.78 is 5.17. The lowest BCUT2D eigenvalue weighted by Gasteiger charge is -2.08. The van der Waals surface area contributed by atoms with E-state index < -0.39 is 0 Å². The van der Waals surface area contributed by atoms with Crippen molar-refractivity contribution in [3.63, 3.8) is 0 Å². The maximum Gasteiger partial charge on any atom is 0.133 e. The lowest BCUT2D eigenvalue weighted by molar-refractivity contribution is -0.116. The highest BCUT2D eigenvalue weighted by molar-refractivity contribution is 5.76. The third-order valence-electron chi connectivity index (χ3n) is 1.76. The minimum absolute atomic E-state index is 0. The summed E-state index contributed by atoms with van der Waals surface area (Å²) in [4.78, 5) is 10.5. The summed E-state index contributed by atoms with van der Waals surface area (Å²) in [5.74, 6) is 0.205. The van der Waals surface area contributed by atoms with Crippen LogP contribution < -0.4 is 0 Å². The van der Waals surface area contributed by atoms with Crippen LogP contribution in [0.15, 0.2) is 12.2 Å². The number of ether oxygens (including phenoxy) is 1. The second-order valence-corrected chi connectivity index (χ2v) is 2.88. The van der Waals surface area contributed by atoms with Crippen molar-refractivity contribution < 1.29 is 9.53 Å². The maximum absolute atomic E-state index is 10.5. The van der Waals surface area contributed by atoms with E-state index in [0.717, 1.165) is 12.8 Å². The largest absolute Gasteiger partial charge is 0.381 e. The summed E-state index contributed by atoms with van der Waals surface area (Å²) in [6, 6.07) is 0. The zero-order valence-electron chi connectivity index (χ0n) is 8.17. The van der Waals surface area contributed by atoms with Crippen LogP contribution in [0.4, 0.5) is 0 Å². The van der Waals surface area contributed by atoms with Gasteiger partial charge in [-0.3, -0.25) is 4.79 Å². The molecule has 0 saturated heterocycles. The normalized spacial score (nSPS) is 11.6. The van der Waals surface area contributed by atoms with Crippen LogP contribution in [0.3, 0.4) is 0 Å². The summed E-state index contributed by atoms with van der Waals surface area (Å²) in [7, 11) is 1.72. The molecular weight excluding hydrogens is 176 g/mol. The van der Waals surface area contributed by atoms with Gasteiger partial charge in [0.2, 0.25) is 0 Å². The van der Waals surface area contributed by atoms with Gasteiger partial charge in [-0.15, -0.1) is 0 Å². The number of allylic oxidation sites excluding steroid dienone is 1. The standard InChI is InChI=1S/C10H18O2.2CH4/c1-4-10(12-3)8-6-5-7-9(2)11;;/h5-6,10H,4,7-8H2,1-3H3;2*1H4. The quantitative estimate of drug-likeness (QED) is 0.615. The van der Waals surface area contributed by atoms with E-state index in [1.807, 2.05) is 12.2 Å². The first-order chi connectivity index (χ1) is 5.70. The van der Waals surface area contributed by atoms with Crippen molar-refractivity contribution in [1.82, 2.24) is 0 Å². The fourth-order valence-corrected chi connectivity index (χ4v) is 0.927. The topological polar surface area (TPSA) is 26.3 Å². The van der Waals surface area contributed by atoms with E-state index in [2.05, 4.69) is 6.92 Å². The van der Waals surface area contributed by atoms with E-state index in [9.17, 15) is 4.79 Å². The summed E-state index contributed by atoms with van der Waals surface area (Å²) in [6.45, 7) is 3.69. The van der Waals surface area contributed by atoms with Crippen LogP contribution in [0.1, 0.15) is 48.0 Å². The number of rotatable bonds is 6. The lowest BCUT2D eigenvalue weighted by Crippen LogP contribution is -2.06. The monoisotopic (exact) mass is 202 g/mol. The third-order valence-corrected chi connectivity index (χ3v) is 1.76. The van der Waals surface area contributed by atoms with Crippen LogP contribution in [0.5, 0.6) is 0 Å². The zero-order chi connectivity index (χ0) is 9.40. The molecule has 1 atom stereocenters. The van der Waals surface area contributed by atoms with E-state index in [1.165, 1.54) is 0 Å². The average molecular weight is 202 g/mol. The number of hydrogen-bond donors (Lipinski definition) is 0. The first kappa shape index (κ1) is 19.0. The van der Waals surface area contributed by atoms with Gasteiger partial charge in [0.25, 0.3) is 0 Å². The Morgan fingerprint density at radius 3 is 2.29 bits per heavy atom. The average Bonchev–Trinajstić information content (AvgIpc) is 2.04. The molecule has 0 amide bonds. The second-order valence-electron chi connectivity index (χ2n) is 2.88. The highest BCUT2D eigenvalue weighted by Gasteiger charge is 1.99. The molecule has 86 valence electrons. The van der Waals surface area contributed by atoms with Crippen molar-refractivity contribution in [3.05, 3.63) is 12.2 Å². The van der Waals surface area contributed by atoms with Gasteiger partial charge in [0.1, 0.15) is 5.78 Å². The van der Waals surface area contributed by atoms with Crippen molar-refractivity contribution in [2.45, 2.75) is 54.1 Å². The van der Waals surface area contributed by atoms with Gasteiger partial charge in [-0.2, -0.15) is 0 Å². The molecule has 0 aromatic carbocycles. The molecule has 0 aromatic rings. The summed E-state index contributed by atoms with van der Waals surface area (Å²) in [5, 5.41) is 0. The van der Waals surface area contributed by atoms with Crippen LogP contribution in [0.2, 0.25) is 0 Å². The van der Waals surface area contributed by atoms with E-state index in [0.29, 0.717) is 12.5 Å². The minimum atomic E-state index is 0. The highest BCUT2D eigenvalue weighted by atomic mass is 16.5. The smallest absolute Gasteiger partial charge is 0.133 e. The van der Waals surface area contributed by atoms with Gasteiger partial charge in [-0.25, -0.2) is 0 Å². The molecule has 2 nitrogen and oxygen atoms in total. The van der Waals surface area contributed by atoms with E-state index in [4.69, 9.17) is 4.74 Å². The molecule has 0 aromatic heterocycles. The van der Waals surface area contributed by atoms with Crippen molar-refractivity contribution in [2.75, 3.05) is 7.11 Å². The Bertz CT molecular complexity index is 146. The van der Waals surface area contributed by atoms with Gasteiger partial charge in [0, 0.05) is 13.5 Å². The molecule has 2 heteroatoms. The number of hydrogen-bond acceptors (Lipinski definition) is 2. The molecule has 0 heterocycles. The molecule has 14 heavy (non-hydrogen) atoms. The fraction of sp³-hybridized carbons (Fsp3) is 0.750. The number of carbonyl (C=O) groups excluding carboxylic acids is 1. The third kappa shape index (κ3) is 11.4. The van der Waals surface area contributed by atoms with Crippen LogP contribution in [0.25, 0.3) is 0 Å². The van der Waals surface area contributed by atoms with Crippen LogP contribution >= 0.6 is 0 Å². The molecule has 0 saturated carbocycles. The Morgan fingerprint density at radius 1 is 1.36 bits per heavy atom. The maximum atomic E-state index is 10.5. The molecule has 0 radical (unpaired) electrons. The Kier molecular flexibility index (Phi) is 16.8. The molecule has 0 fully saturated rings. The molecule has 0 bridgehead atoms. The Labute approximate surface area is 89.4 Å². The second kappa shape index (κ2) is 12.4. The van der Waals surface area contributed by atoms with Crippen LogP contribution in [-0.4, -0.2) is 19.0 Å².